The number of para-hydroxylation sites is 2. The lowest BCUT2D eigenvalue weighted by Crippen LogP contribution is -2.47. The van der Waals surface area contributed by atoms with Gasteiger partial charge in [0.25, 0.3) is 5.91 Å². The van der Waals surface area contributed by atoms with Gasteiger partial charge in [-0.1, -0.05) is 48.2 Å². The van der Waals surface area contributed by atoms with Crippen LogP contribution in [0.4, 0.5) is 21.5 Å². The molecule has 0 radical (unpaired) electrons. The van der Waals surface area contributed by atoms with Gasteiger partial charge in [-0.15, -0.1) is 0 Å². The first kappa shape index (κ1) is 23.1. The molecular formula is C25H25FN4OS2. The number of nitrogens with one attached hydrogen (secondary N) is 1. The lowest BCUT2D eigenvalue weighted by atomic mass is 10.1. The van der Waals surface area contributed by atoms with Crippen LogP contribution in [-0.2, 0) is 5.75 Å². The molecule has 3 N–H and O–H groups in total. The number of nitrogens with two attached hydrogens (primary N) is 1. The van der Waals surface area contributed by atoms with Crippen LogP contribution in [0.15, 0.2) is 72.8 Å². The average molecular weight is 481 g/mol. The molecule has 4 rings (SSSR count). The van der Waals surface area contributed by atoms with Gasteiger partial charge in [-0.05, 0) is 54.1 Å². The van der Waals surface area contributed by atoms with Crippen molar-refractivity contribution >= 4 is 51.3 Å². The van der Waals surface area contributed by atoms with Crippen molar-refractivity contribution in [3.63, 3.8) is 0 Å². The number of rotatable bonds is 5. The van der Waals surface area contributed by atoms with Gasteiger partial charge in [0, 0.05) is 43.2 Å². The standard InChI is InChI=1S/C25H25FN4OS2/c26-20-9-11-21(12-10-20)29-13-15-30(16-14-29)25(32)33-17-18-5-7-19(8-6-18)24(31)28-23-4-2-1-3-22(23)27/h1-12H,13-17,27H2,(H,28,31). The molecule has 1 aliphatic heterocycles. The van der Waals surface area contributed by atoms with Crippen LogP contribution in [0.1, 0.15) is 15.9 Å². The number of thiocarbonyl (C=S) groups is 1. The van der Waals surface area contributed by atoms with Crippen LogP contribution < -0.4 is 16.0 Å². The van der Waals surface area contributed by atoms with E-state index in [4.69, 9.17) is 18.0 Å². The van der Waals surface area contributed by atoms with Gasteiger partial charge in [-0.2, -0.15) is 0 Å². The molecule has 0 aliphatic carbocycles. The Morgan fingerprint density at radius 1 is 0.970 bits per heavy atom. The molecule has 33 heavy (non-hydrogen) atoms. The molecular weight excluding hydrogens is 455 g/mol. The highest BCUT2D eigenvalue weighted by molar-refractivity contribution is 8.22. The Morgan fingerprint density at radius 2 is 1.64 bits per heavy atom. The maximum atomic E-state index is 13.1. The zero-order valence-corrected chi connectivity index (χ0v) is 19.7. The van der Waals surface area contributed by atoms with Crippen molar-refractivity contribution in [1.29, 1.82) is 0 Å². The molecule has 0 spiro atoms. The second-order valence-corrected chi connectivity index (χ2v) is 9.35. The SMILES string of the molecule is Nc1ccccc1NC(=O)c1ccc(CSC(=S)N2CCN(c3ccc(F)cc3)CC2)cc1. The summed E-state index contributed by atoms with van der Waals surface area (Å²) in [5.41, 5.74) is 9.74. The van der Waals surface area contributed by atoms with Gasteiger partial charge < -0.3 is 20.9 Å². The van der Waals surface area contributed by atoms with Crippen LogP contribution in [0.5, 0.6) is 0 Å². The number of carbonyl (C=O) groups excluding carboxylic acids is 1. The quantitative estimate of drug-likeness (QED) is 0.396. The normalized spacial score (nSPS) is 13.6. The summed E-state index contributed by atoms with van der Waals surface area (Å²) < 4.78 is 14.0. The lowest BCUT2D eigenvalue weighted by Gasteiger charge is -2.37. The van der Waals surface area contributed by atoms with Gasteiger partial charge in [0.15, 0.2) is 0 Å². The largest absolute Gasteiger partial charge is 0.397 e. The molecule has 0 unspecified atom stereocenters. The number of halogens is 1. The third-order valence-corrected chi connectivity index (χ3v) is 7.11. The van der Waals surface area contributed by atoms with E-state index < -0.39 is 0 Å². The summed E-state index contributed by atoms with van der Waals surface area (Å²) in [5.74, 6) is 0.330. The van der Waals surface area contributed by atoms with Crippen molar-refractivity contribution in [2.24, 2.45) is 0 Å². The Labute approximate surface area is 202 Å². The summed E-state index contributed by atoms with van der Waals surface area (Å²) in [6.07, 6.45) is 0. The van der Waals surface area contributed by atoms with Crippen molar-refractivity contribution in [1.82, 2.24) is 4.90 Å². The molecule has 5 nitrogen and oxygen atoms in total. The van der Waals surface area contributed by atoms with Gasteiger partial charge in [0.05, 0.1) is 11.4 Å². The van der Waals surface area contributed by atoms with Gasteiger partial charge in [-0.3, -0.25) is 4.79 Å². The fraction of sp³-hybridized carbons (Fsp3) is 0.200. The number of hydrogen-bond donors (Lipinski definition) is 2. The van der Waals surface area contributed by atoms with Gasteiger partial charge in [0.1, 0.15) is 10.1 Å². The lowest BCUT2D eigenvalue weighted by molar-refractivity contribution is 0.102. The van der Waals surface area contributed by atoms with Crippen molar-refractivity contribution in [3.8, 4) is 0 Å². The summed E-state index contributed by atoms with van der Waals surface area (Å²) in [4.78, 5) is 16.9. The number of benzene rings is 3. The van der Waals surface area contributed by atoms with E-state index in [1.165, 1.54) is 12.1 Å². The third-order valence-electron chi connectivity index (χ3n) is 5.52. The van der Waals surface area contributed by atoms with E-state index in [9.17, 15) is 9.18 Å². The Hall–Kier alpha value is -3.10. The summed E-state index contributed by atoms with van der Waals surface area (Å²) in [6, 6.07) is 21.3. The van der Waals surface area contributed by atoms with E-state index >= 15 is 0 Å². The van der Waals surface area contributed by atoms with Crippen molar-refractivity contribution in [2.45, 2.75) is 5.75 Å². The molecule has 1 saturated heterocycles. The van der Waals surface area contributed by atoms with E-state index in [-0.39, 0.29) is 11.7 Å². The molecule has 170 valence electrons. The topological polar surface area (TPSA) is 61.6 Å². The summed E-state index contributed by atoms with van der Waals surface area (Å²) >= 11 is 7.27. The zero-order valence-electron chi connectivity index (χ0n) is 18.0. The first-order valence-corrected chi connectivity index (χ1v) is 12.1. The molecule has 0 bridgehead atoms. The first-order chi connectivity index (χ1) is 16.0. The highest BCUT2D eigenvalue weighted by atomic mass is 32.2. The second-order valence-electron chi connectivity index (χ2n) is 7.74. The minimum atomic E-state index is -0.218. The summed E-state index contributed by atoms with van der Waals surface area (Å²) in [7, 11) is 0. The molecule has 1 aliphatic rings. The monoisotopic (exact) mass is 480 g/mol. The third kappa shape index (κ3) is 6.03. The molecule has 1 heterocycles. The predicted molar refractivity (Wildman–Crippen MR) is 139 cm³/mol. The van der Waals surface area contributed by atoms with Crippen LogP contribution in [0, 0.1) is 5.82 Å². The fourth-order valence-corrected chi connectivity index (χ4v) is 4.80. The van der Waals surface area contributed by atoms with E-state index in [0.29, 0.717) is 16.9 Å². The Kier molecular flexibility index (Phi) is 7.47. The number of piperazine rings is 1. The molecule has 0 saturated carbocycles. The number of nitrogen functional groups attached to an aromatic ring is 1. The minimum Gasteiger partial charge on any atom is -0.397 e. The molecule has 3 aromatic carbocycles. The Bertz CT molecular complexity index is 1110. The van der Waals surface area contributed by atoms with Crippen molar-refractivity contribution in [3.05, 3.63) is 89.7 Å². The van der Waals surface area contributed by atoms with Crippen molar-refractivity contribution < 1.29 is 9.18 Å². The van der Waals surface area contributed by atoms with E-state index in [2.05, 4.69) is 15.1 Å². The Balaban J connectivity index is 1.24. The average Bonchev–Trinajstić information content (AvgIpc) is 2.85. The van der Waals surface area contributed by atoms with Crippen LogP contribution in [-0.4, -0.2) is 41.3 Å². The first-order valence-electron chi connectivity index (χ1n) is 10.7. The van der Waals surface area contributed by atoms with Gasteiger partial charge in [0.2, 0.25) is 0 Å². The van der Waals surface area contributed by atoms with Gasteiger partial charge >= 0.3 is 0 Å². The molecule has 8 heteroatoms. The van der Waals surface area contributed by atoms with Crippen molar-refractivity contribution in [2.75, 3.05) is 42.1 Å². The molecule has 0 atom stereocenters. The number of amides is 1. The molecule has 3 aromatic rings. The van der Waals surface area contributed by atoms with Crippen LogP contribution in [0.3, 0.4) is 0 Å². The molecule has 1 fully saturated rings. The number of thioether (sulfide) groups is 1. The summed E-state index contributed by atoms with van der Waals surface area (Å²) in [5, 5.41) is 2.84. The zero-order chi connectivity index (χ0) is 23.2. The smallest absolute Gasteiger partial charge is 0.255 e. The van der Waals surface area contributed by atoms with Crippen LogP contribution >= 0.6 is 24.0 Å². The highest BCUT2D eigenvalue weighted by Gasteiger charge is 2.19. The maximum absolute atomic E-state index is 13.1. The predicted octanol–water partition coefficient (Wildman–Crippen LogP) is 5.00. The highest BCUT2D eigenvalue weighted by Crippen LogP contribution is 2.22. The molecule has 1 amide bonds. The van der Waals surface area contributed by atoms with E-state index in [0.717, 1.165) is 47.5 Å². The molecule has 0 aromatic heterocycles. The van der Waals surface area contributed by atoms with Crippen LogP contribution in [0.2, 0.25) is 0 Å². The fourth-order valence-electron chi connectivity index (χ4n) is 3.59. The number of anilines is 3. The number of carbonyl (C=O) groups is 1. The minimum absolute atomic E-state index is 0.193. The van der Waals surface area contributed by atoms with Gasteiger partial charge in [-0.25, -0.2) is 4.39 Å². The summed E-state index contributed by atoms with van der Waals surface area (Å²) in [6.45, 7) is 3.38. The second kappa shape index (κ2) is 10.7. The van der Waals surface area contributed by atoms with E-state index in [1.807, 2.05) is 48.5 Å². The van der Waals surface area contributed by atoms with E-state index in [1.54, 1.807) is 23.9 Å². The number of nitrogens with zero attached hydrogens (tertiary/aromatic N) is 2. The maximum Gasteiger partial charge on any atom is 0.255 e. The number of hydrogen-bond acceptors (Lipinski definition) is 5. The Morgan fingerprint density at radius 3 is 2.30 bits per heavy atom. The van der Waals surface area contributed by atoms with Crippen LogP contribution in [0.25, 0.3) is 0 Å².